The number of hydrogen-bond acceptors (Lipinski definition) is 3. The summed E-state index contributed by atoms with van der Waals surface area (Å²) >= 11 is 0. The SMILES string of the molecule is Cl.O=C1c2ccccc2C(=O)N1CC#CC[N+]1([O-])CCc2ccccc2C1. The van der Waals surface area contributed by atoms with Crippen molar-refractivity contribution in [2.24, 2.45) is 0 Å². The average Bonchev–Trinajstić information content (AvgIpc) is 2.90. The Balaban J connectivity index is 0.00000210. The lowest BCUT2D eigenvalue weighted by molar-refractivity contribution is -0.889. The Morgan fingerprint density at radius 2 is 1.52 bits per heavy atom. The van der Waals surface area contributed by atoms with Crippen LogP contribution in [0.1, 0.15) is 31.8 Å². The minimum Gasteiger partial charge on any atom is -0.632 e. The second-order valence-electron chi connectivity index (χ2n) is 6.71. The van der Waals surface area contributed by atoms with Gasteiger partial charge in [0, 0.05) is 12.0 Å². The number of quaternary nitrogens is 1. The molecule has 6 heteroatoms. The molecular weight excluding hydrogens is 364 g/mol. The molecule has 0 saturated heterocycles. The number of benzene rings is 2. The van der Waals surface area contributed by atoms with Crippen LogP contribution in [-0.4, -0.2) is 41.0 Å². The quantitative estimate of drug-likeness (QED) is 0.347. The molecule has 2 aliphatic heterocycles. The van der Waals surface area contributed by atoms with E-state index in [0.29, 0.717) is 24.2 Å². The predicted octanol–water partition coefficient (Wildman–Crippen LogP) is 2.78. The molecule has 4 rings (SSSR count). The summed E-state index contributed by atoms with van der Waals surface area (Å²) in [7, 11) is 0. The number of carbonyl (C=O) groups excluding carboxylic acids is 2. The summed E-state index contributed by atoms with van der Waals surface area (Å²) in [5, 5.41) is 12.9. The third kappa shape index (κ3) is 3.60. The van der Waals surface area contributed by atoms with Crippen LogP contribution in [0.2, 0.25) is 0 Å². The first-order chi connectivity index (χ1) is 12.6. The minimum atomic E-state index is -0.383. The fourth-order valence-corrected chi connectivity index (χ4v) is 3.52. The van der Waals surface area contributed by atoms with Crippen LogP contribution < -0.4 is 0 Å². The summed E-state index contributed by atoms with van der Waals surface area (Å²) in [6.07, 6.45) is 0.750. The fourth-order valence-electron chi connectivity index (χ4n) is 3.52. The van der Waals surface area contributed by atoms with Gasteiger partial charge in [0.15, 0.2) is 0 Å². The maximum atomic E-state index is 12.9. The highest BCUT2D eigenvalue weighted by molar-refractivity contribution is 6.21. The molecular formula is C21H19ClN2O3. The summed E-state index contributed by atoms with van der Waals surface area (Å²) in [5.74, 6) is 5.08. The molecule has 0 N–H and O–H groups in total. The normalized spacial score (nSPS) is 20.3. The maximum Gasteiger partial charge on any atom is 0.262 e. The van der Waals surface area contributed by atoms with E-state index in [4.69, 9.17) is 0 Å². The van der Waals surface area contributed by atoms with Gasteiger partial charge in [-0.15, -0.1) is 12.4 Å². The van der Waals surface area contributed by atoms with Crippen LogP contribution in [0.4, 0.5) is 0 Å². The van der Waals surface area contributed by atoms with E-state index in [1.54, 1.807) is 24.3 Å². The van der Waals surface area contributed by atoms with Crippen LogP contribution >= 0.6 is 12.4 Å². The van der Waals surface area contributed by atoms with Gasteiger partial charge in [-0.05, 0) is 23.6 Å². The summed E-state index contributed by atoms with van der Waals surface area (Å²) < 4.78 is -0.383. The summed E-state index contributed by atoms with van der Waals surface area (Å²) in [6, 6.07) is 14.8. The molecule has 0 spiro atoms. The number of amides is 2. The lowest BCUT2D eigenvalue weighted by Crippen LogP contribution is -2.46. The summed E-state index contributed by atoms with van der Waals surface area (Å²) in [4.78, 5) is 25.7. The van der Waals surface area contributed by atoms with Crippen molar-refractivity contribution >= 4 is 24.2 Å². The topological polar surface area (TPSA) is 60.4 Å². The van der Waals surface area contributed by atoms with Gasteiger partial charge in [0.2, 0.25) is 0 Å². The number of rotatable bonds is 2. The summed E-state index contributed by atoms with van der Waals surface area (Å²) in [5.41, 5.74) is 3.14. The van der Waals surface area contributed by atoms with E-state index in [2.05, 4.69) is 17.9 Å². The van der Waals surface area contributed by atoms with Crippen LogP contribution in [0.5, 0.6) is 0 Å². The largest absolute Gasteiger partial charge is 0.632 e. The molecule has 2 aromatic carbocycles. The third-order valence-electron chi connectivity index (χ3n) is 4.97. The highest BCUT2D eigenvalue weighted by Gasteiger charge is 2.34. The molecule has 2 amide bonds. The second kappa shape index (κ2) is 7.53. The van der Waals surface area contributed by atoms with Crippen molar-refractivity contribution in [3.05, 3.63) is 76.0 Å². The molecule has 0 bridgehead atoms. The number of nitrogens with zero attached hydrogens (tertiary/aromatic N) is 2. The van der Waals surface area contributed by atoms with E-state index in [9.17, 15) is 14.8 Å². The molecule has 138 valence electrons. The molecule has 2 aliphatic rings. The van der Waals surface area contributed by atoms with E-state index in [1.165, 1.54) is 5.56 Å². The highest BCUT2D eigenvalue weighted by Crippen LogP contribution is 2.24. The van der Waals surface area contributed by atoms with E-state index in [1.807, 2.05) is 18.2 Å². The standard InChI is InChI=1S/C21H18N2O3.ClH/c24-20-18-9-3-4-10-19(18)21(25)22(20)12-5-6-13-23(26)14-11-16-7-1-2-8-17(16)15-23;/h1-4,7-10H,11-15H2;1H. The lowest BCUT2D eigenvalue weighted by atomic mass is 9.99. The first kappa shape index (κ1) is 19.1. The van der Waals surface area contributed by atoms with Crippen molar-refractivity contribution in [1.82, 2.24) is 4.90 Å². The van der Waals surface area contributed by atoms with Gasteiger partial charge >= 0.3 is 0 Å². The zero-order valence-corrected chi connectivity index (χ0v) is 15.5. The number of imide groups is 1. The molecule has 0 saturated carbocycles. The number of halogens is 1. The smallest absolute Gasteiger partial charge is 0.262 e. The lowest BCUT2D eigenvalue weighted by Gasteiger charge is -2.44. The average molecular weight is 383 g/mol. The van der Waals surface area contributed by atoms with Crippen LogP contribution in [0.3, 0.4) is 0 Å². The molecule has 1 unspecified atom stereocenters. The van der Waals surface area contributed by atoms with Gasteiger partial charge in [0.1, 0.15) is 13.1 Å². The van der Waals surface area contributed by atoms with Gasteiger partial charge in [0.25, 0.3) is 11.8 Å². The van der Waals surface area contributed by atoms with Crippen molar-refractivity contribution in [3.63, 3.8) is 0 Å². The van der Waals surface area contributed by atoms with Gasteiger partial charge in [0.05, 0.1) is 24.2 Å². The van der Waals surface area contributed by atoms with Crippen LogP contribution in [0.25, 0.3) is 0 Å². The Kier molecular flexibility index (Phi) is 5.33. The maximum absolute atomic E-state index is 12.9. The van der Waals surface area contributed by atoms with Crippen LogP contribution in [-0.2, 0) is 13.0 Å². The van der Waals surface area contributed by atoms with Gasteiger partial charge in [-0.3, -0.25) is 14.5 Å². The molecule has 2 aromatic rings. The molecule has 2 heterocycles. The molecule has 27 heavy (non-hydrogen) atoms. The minimum absolute atomic E-state index is 0. The number of carbonyl (C=O) groups is 2. The van der Waals surface area contributed by atoms with E-state index < -0.39 is 0 Å². The van der Waals surface area contributed by atoms with Crippen LogP contribution in [0, 0.1) is 17.0 Å². The Labute approximate surface area is 164 Å². The Hall–Kier alpha value is -2.65. The van der Waals surface area contributed by atoms with Gasteiger partial charge in [-0.1, -0.05) is 42.3 Å². The monoisotopic (exact) mass is 382 g/mol. The van der Waals surface area contributed by atoms with E-state index in [0.717, 1.165) is 16.9 Å². The first-order valence-electron chi connectivity index (χ1n) is 8.62. The molecule has 5 nitrogen and oxygen atoms in total. The number of hydroxylamine groups is 3. The van der Waals surface area contributed by atoms with E-state index >= 15 is 0 Å². The zero-order chi connectivity index (χ0) is 18.1. The Morgan fingerprint density at radius 3 is 2.19 bits per heavy atom. The Morgan fingerprint density at radius 1 is 0.926 bits per heavy atom. The number of hydrogen-bond donors (Lipinski definition) is 0. The van der Waals surface area contributed by atoms with Crippen molar-refractivity contribution < 1.29 is 14.2 Å². The fraction of sp³-hybridized carbons (Fsp3) is 0.238. The molecule has 1 atom stereocenters. The number of fused-ring (bicyclic) bond motifs is 2. The molecule has 0 fully saturated rings. The van der Waals surface area contributed by atoms with Crippen molar-refractivity contribution in [3.8, 4) is 11.8 Å². The third-order valence-corrected chi connectivity index (χ3v) is 4.97. The summed E-state index contributed by atoms with van der Waals surface area (Å²) in [6.45, 7) is 1.09. The van der Waals surface area contributed by atoms with E-state index in [-0.39, 0.29) is 42.0 Å². The highest BCUT2D eigenvalue weighted by atomic mass is 35.5. The Bertz CT molecular complexity index is 928. The predicted molar refractivity (Wildman–Crippen MR) is 104 cm³/mol. The van der Waals surface area contributed by atoms with Crippen molar-refractivity contribution in [1.29, 1.82) is 0 Å². The van der Waals surface area contributed by atoms with Gasteiger partial charge in [-0.25, -0.2) is 0 Å². The van der Waals surface area contributed by atoms with Gasteiger partial charge < -0.3 is 9.85 Å². The van der Waals surface area contributed by atoms with Crippen LogP contribution in [0.15, 0.2) is 48.5 Å². The molecule has 0 aromatic heterocycles. The van der Waals surface area contributed by atoms with Gasteiger partial charge in [-0.2, -0.15) is 0 Å². The first-order valence-corrected chi connectivity index (χ1v) is 8.62. The second-order valence-corrected chi connectivity index (χ2v) is 6.71. The van der Waals surface area contributed by atoms with Crippen molar-refractivity contribution in [2.45, 2.75) is 13.0 Å². The molecule has 0 aliphatic carbocycles. The van der Waals surface area contributed by atoms with Crippen molar-refractivity contribution in [2.75, 3.05) is 19.6 Å². The molecule has 0 radical (unpaired) electrons. The zero-order valence-electron chi connectivity index (χ0n) is 14.7.